The summed E-state index contributed by atoms with van der Waals surface area (Å²) >= 11 is 0. The minimum Gasteiger partial charge on any atom is -0.319 e. The average molecular weight is 301 g/mol. The van der Waals surface area contributed by atoms with E-state index in [4.69, 9.17) is 5.73 Å². The van der Waals surface area contributed by atoms with E-state index >= 15 is 0 Å². The molecule has 4 rings (SSSR count). The van der Waals surface area contributed by atoms with Gasteiger partial charge in [0.15, 0.2) is 0 Å². The molecule has 0 radical (unpaired) electrons. The largest absolute Gasteiger partial charge is 0.319 e. The third-order valence-corrected chi connectivity index (χ3v) is 5.02. The number of fused-ring (bicyclic) bond motifs is 3. The van der Waals surface area contributed by atoms with E-state index in [1.54, 1.807) is 0 Å². The number of benzene rings is 2. The Labute approximate surface area is 132 Å². The van der Waals surface area contributed by atoms with Crippen LogP contribution < -0.4 is 11.1 Å². The lowest BCUT2D eigenvalue weighted by atomic mass is 9.78. The molecule has 0 amide bonds. The quantitative estimate of drug-likeness (QED) is 0.849. The Hall–Kier alpha value is -1.35. The monoisotopic (exact) mass is 300 g/mol. The van der Waals surface area contributed by atoms with Crippen molar-refractivity contribution in [1.82, 2.24) is 5.32 Å². The van der Waals surface area contributed by atoms with Gasteiger partial charge in [-0.1, -0.05) is 56.3 Å². The molecule has 0 bridgehead atoms. The minimum atomic E-state index is -0.209. The van der Waals surface area contributed by atoms with E-state index in [1.165, 1.54) is 27.8 Å². The van der Waals surface area contributed by atoms with Crippen LogP contribution in [0.3, 0.4) is 0 Å². The Morgan fingerprint density at radius 1 is 0.905 bits per heavy atom. The van der Waals surface area contributed by atoms with Crippen molar-refractivity contribution >= 4 is 12.4 Å². The van der Waals surface area contributed by atoms with Gasteiger partial charge in [0.2, 0.25) is 0 Å². The molecule has 110 valence electrons. The molecule has 1 aliphatic carbocycles. The highest BCUT2D eigenvalue weighted by Gasteiger charge is 2.42. The maximum Gasteiger partial charge on any atom is 0.0668 e. The molecule has 1 saturated heterocycles. The summed E-state index contributed by atoms with van der Waals surface area (Å²) in [4.78, 5) is 0. The fourth-order valence-electron chi connectivity index (χ4n) is 3.75. The van der Waals surface area contributed by atoms with Crippen LogP contribution >= 0.6 is 12.4 Å². The fourth-order valence-corrected chi connectivity index (χ4v) is 3.75. The van der Waals surface area contributed by atoms with E-state index in [2.05, 4.69) is 61.6 Å². The lowest BCUT2D eigenvalue weighted by molar-refractivity contribution is 0.288. The van der Waals surface area contributed by atoms with Crippen LogP contribution in [0.15, 0.2) is 42.5 Å². The Kier molecular flexibility index (Phi) is 3.17. The first-order chi connectivity index (χ1) is 9.54. The fraction of sp³-hybridized carbons (Fsp3) is 0.333. The van der Waals surface area contributed by atoms with E-state index in [1.807, 2.05) is 0 Å². The summed E-state index contributed by atoms with van der Waals surface area (Å²) in [6, 6.07) is 15.4. The van der Waals surface area contributed by atoms with E-state index in [9.17, 15) is 0 Å². The second-order valence-corrected chi connectivity index (χ2v) is 6.66. The molecule has 1 fully saturated rings. The normalized spacial score (nSPS) is 20.0. The molecule has 0 aromatic heterocycles. The van der Waals surface area contributed by atoms with Gasteiger partial charge in [0.05, 0.1) is 5.54 Å². The number of hydrogen-bond acceptors (Lipinski definition) is 2. The predicted octanol–water partition coefficient (Wildman–Crippen LogP) is 3.17. The molecule has 21 heavy (non-hydrogen) atoms. The van der Waals surface area contributed by atoms with Gasteiger partial charge in [-0.2, -0.15) is 0 Å². The molecule has 0 unspecified atom stereocenters. The molecule has 3 N–H and O–H groups in total. The summed E-state index contributed by atoms with van der Waals surface area (Å²) in [5.74, 6) is 0. The zero-order chi connectivity index (χ0) is 14.0. The SMILES string of the molecule is CC1(C)c2ccccc2-c2c(C3(N)CNC3)cccc21.Cl. The number of nitrogens with two attached hydrogens (primary N) is 1. The van der Waals surface area contributed by atoms with Crippen molar-refractivity contribution in [3.05, 3.63) is 59.2 Å². The standard InChI is InChI=1S/C18H20N2.ClH/c1-17(2)13-7-4-3-6-12(13)16-14(17)8-5-9-15(16)18(19)10-20-11-18;/h3-9,20H,10-11,19H2,1-2H3;1H. The van der Waals surface area contributed by atoms with E-state index < -0.39 is 0 Å². The molecule has 2 aromatic carbocycles. The van der Waals surface area contributed by atoms with E-state index in [-0.39, 0.29) is 23.4 Å². The second-order valence-electron chi connectivity index (χ2n) is 6.66. The summed E-state index contributed by atoms with van der Waals surface area (Å²) < 4.78 is 0. The van der Waals surface area contributed by atoms with Crippen LogP contribution in [0.25, 0.3) is 11.1 Å². The zero-order valence-electron chi connectivity index (χ0n) is 12.4. The van der Waals surface area contributed by atoms with Gasteiger partial charge < -0.3 is 11.1 Å². The van der Waals surface area contributed by atoms with Crippen molar-refractivity contribution in [2.45, 2.75) is 24.8 Å². The summed E-state index contributed by atoms with van der Waals surface area (Å²) in [5, 5.41) is 3.31. The third kappa shape index (κ3) is 1.80. The summed E-state index contributed by atoms with van der Waals surface area (Å²) in [6.45, 7) is 6.35. The summed E-state index contributed by atoms with van der Waals surface area (Å²) in [7, 11) is 0. The third-order valence-electron chi connectivity index (χ3n) is 5.02. The highest BCUT2D eigenvalue weighted by molar-refractivity contribution is 5.85. The van der Waals surface area contributed by atoms with Gasteiger partial charge in [0, 0.05) is 18.5 Å². The second kappa shape index (κ2) is 4.57. The van der Waals surface area contributed by atoms with Gasteiger partial charge in [-0.05, 0) is 27.8 Å². The van der Waals surface area contributed by atoms with Gasteiger partial charge >= 0.3 is 0 Å². The van der Waals surface area contributed by atoms with Crippen LogP contribution in [0.5, 0.6) is 0 Å². The molecular formula is C18H21ClN2. The van der Waals surface area contributed by atoms with Crippen LogP contribution in [-0.4, -0.2) is 13.1 Å². The molecule has 2 aromatic rings. The Morgan fingerprint density at radius 3 is 2.19 bits per heavy atom. The molecule has 0 spiro atoms. The van der Waals surface area contributed by atoms with Crippen LogP contribution in [0.1, 0.15) is 30.5 Å². The van der Waals surface area contributed by atoms with E-state index in [0.29, 0.717) is 0 Å². The van der Waals surface area contributed by atoms with Gasteiger partial charge in [0.25, 0.3) is 0 Å². The lowest BCUT2D eigenvalue weighted by Gasteiger charge is -2.41. The van der Waals surface area contributed by atoms with Crippen LogP contribution in [0.4, 0.5) is 0 Å². The summed E-state index contributed by atoms with van der Waals surface area (Å²) in [5.41, 5.74) is 13.3. The van der Waals surface area contributed by atoms with Gasteiger partial charge in [-0.15, -0.1) is 12.4 Å². The molecule has 0 atom stereocenters. The number of hydrogen-bond donors (Lipinski definition) is 2. The van der Waals surface area contributed by atoms with Crippen molar-refractivity contribution in [3.63, 3.8) is 0 Å². The average Bonchev–Trinajstić information content (AvgIpc) is 2.66. The van der Waals surface area contributed by atoms with Crippen molar-refractivity contribution in [1.29, 1.82) is 0 Å². The van der Waals surface area contributed by atoms with Crippen LogP contribution in [0, 0.1) is 0 Å². The maximum atomic E-state index is 6.58. The van der Waals surface area contributed by atoms with Crippen molar-refractivity contribution in [2.75, 3.05) is 13.1 Å². The zero-order valence-corrected chi connectivity index (χ0v) is 13.3. The van der Waals surface area contributed by atoms with Crippen molar-refractivity contribution in [2.24, 2.45) is 5.73 Å². The molecular weight excluding hydrogens is 280 g/mol. The Balaban J connectivity index is 0.00000132. The smallest absolute Gasteiger partial charge is 0.0668 e. The molecule has 1 aliphatic heterocycles. The molecule has 0 saturated carbocycles. The van der Waals surface area contributed by atoms with Gasteiger partial charge in [-0.25, -0.2) is 0 Å². The highest BCUT2D eigenvalue weighted by Crippen LogP contribution is 2.51. The Bertz CT molecular complexity index is 702. The predicted molar refractivity (Wildman–Crippen MR) is 90.0 cm³/mol. The van der Waals surface area contributed by atoms with Gasteiger partial charge in [-0.3, -0.25) is 0 Å². The lowest BCUT2D eigenvalue weighted by Crippen LogP contribution is -2.63. The topological polar surface area (TPSA) is 38.0 Å². The maximum absolute atomic E-state index is 6.58. The Morgan fingerprint density at radius 2 is 1.52 bits per heavy atom. The first-order valence-corrected chi connectivity index (χ1v) is 7.27. The number of rotatable bonds is 1. The molecule has 2 nitrogen and oxygen atoms in total. The first-order valence-electron chi connectivity index (χ1n) is 7.27. The summed E-state index contributed by atoms with van der Waals surface area (Å²) in [6.07, 6.45) is 0. The minimum absolute atomic E-state index is 0. The number of halogens is 1. The van der Waals surface area contributed by atoms with Crippen molar-refractivity contribution < 1.29 is 0 Å². The van der Waals surface area contributed by atoms with Crippen molar-refractivity contribution in [3.8, 4) is 11.1 Å². The molecule has 3 heteroatoms. The van der Waals surface area contributed by atoms with Crippen LogP contribution in [0.2, 0.25) is 0 Å². The molecule has 1 heterocycles. The molecule has 2 aliphatic rings. The van der Waals surface area contributed by atoms with E-state index in [0.717, 1.165) is 13.1 Å². The van der Waals surface area contributed by atoms with Gasteiger partial charge in [0.1, 0.15) is 0 Å². The number of nitrogens with one attached hydrogen (secondary N) is 1. The van der Waals surface area contributed by atoms with Crippen LogP contribution in [-0.2, 0) is 11.0 Å². The first kappa shape index (κ1) is 14.6. The highest BCUT2D eigenvalue weighted by atomic mass is 35.5.